The number of fused-ring (bicyclic) bond motifs is 4. The summed E-state index contributed by atoms with van der Waals surface area (Å²) in [5.74, 6) is -0.104. The van der Waals surface area contributed by atoms with Gasteiger partial charge in [0, 0.05) is 29.2 Å². The largest absolute Gasteiger partial charge is 0.545 e. The van der Waals surface area contributed by atoms with E-state index in [0.717, 1.165) is 37.7 Å². The van der Waals surface area contributed by atoms with E-state index in [1.807, 2.05) is 13.8 Å². The maximum absolute atomic E-state index is 13.9. The van der Waals surface area contributed by atoms with Crippen LogP contribution in [0, 0.1) is 39.4 Å². The second-order valence-electron chi connectivity index (χ2n) is 13.4. The van der Waals surface area contributed by atoms with Gasteiger partial charge in [0.05, 0.1) is 12.1 Å². The van der Waals surface area contributed by atoms with Crippen LogP contribution in [0.1, 0.15) is 99.8 Å². The third kappa shape index (κ3) is 3.70. The number of aliphatic hydroxyl groups is 1. The van der Waals surface area contributed by atoms with Gasteiger partial charge in [0.25, 0.3) is 0 Å². The van der Waals surface area contributed by atoms with Crippen molar-refractivity contribution in [2.75, 3.05) is 0 Å². The third-order valence-electron chi connectivity index (χ3n) is 11.4. The van der Waals surface area contributed by atoms with Crippen LogP contribution in [0.25, 0.3) is 0 Å². The average Bonchev–Trinajstić information content (AvgIpc) is 3.04. The SMILES string of the molecule is C/C(=C\[C@@H](O)C[C@@H](C)[C@H]1CC[C@@]2(C)C3=C(CC[C@]12C)[C@@]1(C)CCC(=O)C(C)(C)C1CC3=O)C(=O)[O-]. The summed E-state index contributed by atoms with van der Waals surface area (Å²) < 4.78 is 0. The molecule has 0 heterocycles. The summed E-state index contributed by atoms with van der Waals surface area (Å²) in [6.45, 7) is 14.7. The van der Waals surface area contributed by atoms with E-state index in [-0.39, 0.29) is 39.4 Å². The van der Waals surface area contributed by atoms with E-state index in [9.17, 15) is 24.6 Å². The third-order valence-corrected chi connectivity index (χ3v) is 11.4. The predicted octanol–water partition coefficient (Wildman–Crippen LogP) is 4.57. The number of carbonyl (C=O) groups excluding carboxylic acids is 3. The first-order valence-corrected chi connectivity index (χ1v) is 13.5. The predicted molar refractivity (Wildman–Crippen MR) is 133 cm³/mol. The summed E-state index contributed by atoms with van der Waals surface area (Å²) in [5.41, 5.74) is 1.62. The maximum atomic E-state index is 13.9. The number of hydrogen-bond donors (Lipinski definition) is 1. The molecule has 0 spiro atoms. The first kappa shape index (κ1) is 26.3. The van der Waals surface area contributed by atoms with E-state index < -0.39 is 17.5 Å². The highest BCUT2D eigenvalue weighted by Crippen LogP contribution is 2.71. The van der Waals surface area contributed by atoms with Gasteiger partial charge in [-0.15, -0.1) is 0 Å². The Bertz CT molecular complexity index is 1020. The highest BCUT2D eigenvalue weighted by Gasteiger charge is 2.65. The van der Waals surface area contributed by atoms with Crippen molar-refractivity contribution in [3.05, 3.63) is 22.8 Å². The number of ketones is 2. The van der Waals surface area contributed by atoms with Gasteiger partial charge in [-0.05, 0) is 79.6 Å². The Balaban J connectivity index is 1.67. The number of Topliss-reactive ketones (excluding diaryl/α,β-unsaturated/α-hetero) is 2. The number of carbonyl (C=O) groups is 3. The molecule has 0 aromatic rings. The van der Waals surface area contributed by atoms with Crippen molar-refractivity contribution in [3.63, 3.8) is 0 Å². The Morgan fingerprint density at radius 1 is 1.11 bits per heavy atom. The lowest BCUT2D eigenvalue weighted by Gasteiger charge is -2.60. The van der Waals surface area contributed by atoms with Crippen molar-refractivity contribution in [2.24, 2.45) is 39.4 Å². The fourth-order valence-electron chi connectivity index (χ4n) is 9.09. The zero-order valence-electron chi connectivity index (χ0n) is 22.6. The zero-order chi connectivity index (χ0) is 26.1. The lowest BCUT2D eigenvalue weighted by molar-refractivity contribution is -0.299. The Morgan fingerprint density at radius 3 is 2.40 bits per heavy atom. The van der Waals surface area contributed by atoms with Crippen LogP contribution in [-0.2, 0) is 14.4 Å². The minimum Gasteiger partial charge on any atom is -0.545 e. The van der Waals surface area contributed by atoms with Crippen molar-refractivity contribution in [1.82, 2.24) is 0 Å². The van der Waals surface area contributed by atoms with Crippen LogP contribution < -0.4 is 5.11 Å². The van der Waals surface area contributed by atoms with Gasteiger partial charge in [-0.25, -0.2) is 0 Å². The fourth-order valence-corrected chi connectivity index (χ4v) is 9.09. The van der Waals surface area contributed by atoms with Gasteiger partial charge >= 0.3 is 0 Å². The van der Waals surface area contributed by atoms with Gasteiger partial charge in [-0.3, -0.25) is 9.59 Å². The van der Waals surface area contributed by atoms with Crippen LogP contribution in [-0.4, -0.2) is 28.7 Å². The summed E-state index contributed by atoms with van der Waals surface area (Å²) >= 11 is 0. The van der Waals surface area contributed by atoms with Crippen LogP contribution in [0.3, 0.4) is 0 Å². The fraction of sp³-hybridized carbons (Fsp3) is 0.767. The van der Waals surface area contributed by atoms with Gasteiger partial charge in [0.1, 0.15) is 5.78 Å². The van der Waals surface area contributed by atoms with E-state index >= 15 is 0 Å². The number of aliphatic carboxylic acids is 1. The maximum Gasteiger partial charge on any atom is 0.159 e. The molecule has 4 aliphatic rings. The lowest BCUT2D eigenvalue weighted by Crippen LogP contribution is -2.56. The molecule has 0 aromatic heterocycles. The van der Waals surface area contributed by atoms with Gasteiger partial charge in [0.2, 0.25) is 0 Å². The standard InChI is InChI=1S/C30H44O5/c1-17(14-19(31)15-18(2)26(34)35)20-8-13-30(7)25-21(9-12-29(20,30)6)28(5)11-10-24(33)27(3,4)23(28)16-22(25)32/h15,17,19-20,23,31H,8-14,16H2,1-7H3,(H,34,35)/p-1/b18-15+/t17-,19+,20-,23?,28-,29-,30+/m1/s1. The first-order chi connectivity index (χ1) is 16.1. The molecule has 5 nitrogen and oxygen atoms in total. The van der Waals surface area contributed by atoms with E-state index in [4.69, 9.17) is 0 Å². The van der Waals surface area contributed by atoms with Gasteiger partial charge < -0.3 is 15.0 Å². The van der Waals surface area contributed by atoms with Crippen LogP contribution >= 0.6 is 0 Å². The van der Waals surface area contributed by atoms with Crippen molar-refractivity contribution < 1.29 is 24.6 Å². The van der Waals surface area contributed by atoms with E-state index in [1.54, 1.807) is 0 Å². The summed E-state index contributed by atoms with van der Waals surface area (Å²) in [6, 6.07) is 0. The highest BCUT2D eigenvalue weighted by molar-refractivity contribution is 6.00. The molecule has 0 saturated heterocycles. The summed E-state index contributed by atoms with van der Waals surface area (Å²) in [4.78, 5) is 37.7. The second kappa shape index (κ2) is 8.39. The molecule has 7 atom stereocenters. The van der Waals surface area contributed by atoms with Crippen molar-refractivity contribution in [2.45, 2.75) is 106 Å². The van der Waals surface area contributed by atoms with E-state index in [0.29, 0.717) is 31.0 Å². The molecule has 194 valence electrons. The minimum absolute atomic E-state index is 0.0586. The molecule has 4 aliphatic carbocycles. The Labute approximate surface area is 210 Å². The average molecular weight is 484 g/mol. The molecule has 2 fully saturated rings. The van der Waals surface area contributed by atoms with Crippen LogP contribution in [0.4, 0.5) is 0 Å². The number of allylic oxidation sites excluding steroid dienone is 2. The summed E-state index contributed by atoms with van der Waals surface area (Å²) in [7, 11) is 0. The quantitative estimate of drug-likeness (QED) is 0.578. The molecule has 0 aromatic carbocycles. The molecule has 0 amide bonds. The molecular formula is C30H43O5-. The van der Waals surface area contributed by atoms with Crippen LogP contribution in [0.2, 0.25) is 0 Å². The number of carboxylic acids is 1. The molecule has 4 rings (SSSR count). The van der Waals surface area contributed by atoms with Crippen molar-refractivity contribution in [3.8, 4) is 0 Å². The normalized spacial score (nSPS) is 40.6. The van der Waals surface area contributed by atoms with Crippen molar-refractivity contribution in [1.29, 1.82) is 0 Å². The molecule has 1 unspecified atom stereocenters. The first-order valence-electron chi connectivity index (χ1n) is 13.5. The monoisotopic (exact) mass is 483 g/mol. The molecular weight excluding hydrogens is 440 g/mol. The van der Waals surface area contributed by atoms with E-state index in [2.05, 4.69) is 27.7 Å². The topological polar surface area (TPSA) is 94.5 Å². The van der Waals surface area contributed by atoms with Gasteiger partial charge in [0.15, 0.2) is 5.78 Å². The second-order valence-corrected chi connectivity index (χ2v) is 13.4. The molecule has 5 heteroatoms. The van der Waals surface area contributed by atoms with Crippen molar-refractivity contribution >= 4 is 17.5 Å². The molecule has 0 radical (unpaired) electrons. The lowest BCUT2D eigenvalue weighted by atomic mass is 9.43. The van der Waals surface area contributed by atoms with Crippen LogP contribution in [0.5, 0.6) is 0 Å². The summed E-state index contributed by atoms with van der Waals surface area (Å²) in [6.07, 6.45) is 6.82. The van der Waals surface area contributed by atoms with Gasteiger partial charge in [-0.2, -0.15) is 0 Å². The highest BCUT2D eigenvalue weighted by atomic mass is 16.4. The molecule has 2 saturated carbocycles. The Morgan fingerprint density at radius 2 is 1.77 bits per heavy atom. The molecule has 35 heavy (non-hydrogen) atoms. The number of rotatable bonds is 5. The van der Waals surface area contributed by atoms with E-state index in [1.165, 1.54) is 18.6 Å². The molecule has 0 bridgehead atoms. The van der Waals surface area contributed by atoms with Gasteiger partial charge in [-0.1, -0.05) is 53.2 Å². The minimum atomic E-state index is -1.25. The van der Waals surface area contributed by atoms with Crippen LogP contribution in [0.15, 0.2) is 22.8 Å². The zero-order valence-corrected chi connectivity index (χ0v) is 22.6. The number of hydrogen-bond acceptors (Lipinski definition) is 5. The number of aliphatic hydroxyl groups excluding tert-OH is 1. The summed E-state index contributed by atoms with van der Waals surface area (Å²) in [5, 5.41) is 21.6. The molecule has 0 aliphatic heterocycles. The Hall–Kier alpha value is -1.75. The molecule has 1 N–H and O–H groups in total. The Kier molecular flexibility index (Phi) is 6.31. The smallest absolute Gasteiger partial charge is 0.159 e. The number of carboxylic acid groups (broad SMARTS) is 1.